The van der Waals surface area contributed by atoms with Gasteiger partial charge < -0.3 is 14.3 Å². The third kappa shape index (κ3) is 3.57. The van der Waals surface area contributed by atoms with Gasteiger partial charge in [0.1, 0.15) is 11.3 Å². The third-order valence-electron chi connectivity index (χ3n) is 5.79. The van der Waals surface area contributed by atoms with E-state index in [-0.39, 0.29) is 11.7 Å². The normalized spacial score (nSPS) is 23.8. The fraction of sp³-hybridized carbons (Fsp3) is 0.526. The van der Waals surface area contributed by atoms with Crippen molar-refractivity contribution in [2.24, 2.45) is 13.0 Å². The van der Waals surface area contributed by atoms with Crippen molar-refractivity contribution in [1.29, 1.82) is 0 Å². The molecule has 1 aliphatic carbocycles. The van der Waals surface area contributed by atoms with Gasteiger partial charge in [-0.2, -0.15) is 5.01 Å². The molecule has 2 aromatic rings. The molecule has 2 aromatic heterocycles. The Morgan fingerprint density at radius 2 is 2.10 bits per heavy atom. The van der Waals surface area contributed by atoms with Crippen LogP contribution < -0.4 is 10.7 Å². The maximum atomic E-state index is 12.8. The molecule has 1 saturated carbocycles. The SMILES string of the molecule is Cc1occc1-c1nnc(SCC(=O)NN2C(=O)NC3(CCC(C)CC3)C2=O)n1C. The summed E-state index contributed by atoms with van der Waals surface area (Å²) in [6.45, 7) is 3.97. The van der Waals surface area contributed by atoms with Gasteiger partial charge in [-0.3, -0.25) is 15.0 Å². The van der Waals surface area contributed by atoms with Gasteiger partial charge in [-0.15, -0.1) is 10.2 Å². The highest BCUT2D eigenvalue weighted by atomic mass is 32.2. The van der Waals surface area contributed by atoms with Gasteiger partial charge in [0.2, 0.25) is 5.91 Å². The number of hydrazine groups is 1. The smallest absolute Gasteiger partial charge is 0.344 e. The number of nitrogens with zero attached hydrogens (tertiary/aromatic N) is 4. The summed E-state index contributed by atoms with van der Waals surface area (Å²) in [5, 5.41) is 12.4. The van der Waals surface area contributed by atoms with Gasteiger partial charge in [-0.05, 0) is 44.6 Å². The average Bonchev–Trinajstić information content (AvgIpc) is 3.36. The molecule has 0 unspecified atom stereocenters. The number of urea groups is 1. The molecular formula is C19H24N6O4S. The molecular weight excluding hydrogens is 408 g/mol. The number of hydrogen-bond donors (Lipinski definition) is 2. The lowest BCUT2D eigenvalue weighted by atomic mass is 9.77. The molecule has 0 atom stereocenters. The number of aromatic nitrogens is 3. The number of aryl methyl sites for hydroxylation is 1. The highest BCUT2D eigenvalue weighted by Crippen LogP contribution is 2.35. The fourth-order valence-corrected chi connectivity index (χ4v) is 4.60. The first-order valence-corrected chi connectivity index (χ1v) is 10.8. The number of rotatable bonds is 5. The van der Waals surface area contributed by atoms with Crippen LogP contribution >= 0.6 is 11.8 Å². The minimum absolute atomic E-state index is 0.0164. The highest BCUT2D eigenvalue weighted by Gasteiger charge is 2.52. The van der Waals surface area contributed by atoms with Crippen molar-refractivity contribution < 1.29 is 18.8 Å². The second-order valence-electron chi connectivity index (χ2n) is 7.91. The van der Waals surface area contributed by atoms with E-state index < -0.39 is 17.5 Å². The molecule has 2 aliphatic rings. The van der Waals surface area contributed by atoms with Gasteiger partial charge in [-0.1, -0.05) is 18.7 Å². The lowest BCUT2D eigenvalue weighted by molar-refractivity contribution is -0.139. The van der Waals surface area contributed by atoms with Crippen molar-refractivity contribution in [3.05, 3.63) is 18.1 Å². The molecule has 11 heteroatoms. The van der Waals surface area contributed by atoms with Crippen LogP contribution in [0.1, 0.15) is 38.4 Å². The molecule has 1 spiro atoms. The van der Waals surface area contributed by atoms with Gasteiger partial charge >= 0.3 is 6.03 Å². The van der Waals surface area contributed by atoms with Gasteiger partial charge in [0.25, 0.3) is 5.91 Å². The van der Waals surface area contributed by atoms with E-state index in [0.29, 0.717) is 29.7 Å². The first-order valence-electron chi connectivity index (χ1n) is 9.83. The molecule has 4 amide bonds. The Bertz CT molecular complexity index is 991. The number of furan rings is 1. The quantitative estimate of drug-likeness (QED) is 0.547. The number of carbonyl (C=O) groups is 3. The molecule has 160 valence electrons. The molecule has 1 aliphatic heterocycles. The third-order valence-corrected chi connectivity index (χ3v) is 6.81. The summed E-state index contributed by atoms with van der Waals surface area (Å²) in [6, 6.07) is 1.23. The zero-order valence-corrected chi connectivity index (χ0v) is 17.9. The first kappa shape index (κ1) is 20.5. The Hall–Kier alpha value is -2.82. The van der Waals surface area contributed by atoms with Crippen LogP contribution in [0.3, 0.4) is 0 Å². The van der Waals surface area contributed by atoms with Crippen molar-refractivity contribution in [2.45, 2.75) is 50.2 Å². The van der Waals surface area contributed by atoms with E-state index in [4.69, 9.17) is 4.42 Å². The molecule has 0 aromatic carbocycles. The first-order chi connectivity index (χ1) is 14.3. The Morgan fingerprint density at radius 3 is 2.77 bits per heavy atom. The van der Waals surface area contributed by atoms with Crippen molar-refractivity contribution in [2.75, 3.05) is 5.75 Å². The predicted molar refractivity (Wildman–Crippen MR) is 108 cm³/mol. The van der Waals surface area contributed by atoms with Crippen LogP contribution in [0.4, 0.5) is 4.79 Å². The van der Waals surface area contributed by atoms with Crippen LogP contribution in [-0.2, 0) is 16.6 Å². The number of carbonyl (C=O) groups excluding carboxylic acids is 3. The van der Waals surface area contributed by atoms with E-state index in [1.807, 2.05) is 6.92 Å². The molecule has 10 nitrogen and oxygen atoms in total. The van der Waals surface area contributed by atoms with Crippen LogP contribution in [0, 0.1) is 12.8 Å². The Kier molecular flexibility index (Phi) is 5.31. The van der Waals surface area contributed by atoms with Crippen LogP contribution in [-0.4, -0.2) is 48.9 Å². The van der Waals surface area contributed by atoms with E-state index >= 15 is 0 Å². The maximum Gasteiger partial charge on any atom is 0.344 e. The van der Waals surface area contributed by atoms with Crippen molar-refractivity contribution >= 4 is 29.6 Å². The average molecular weight is 433 g/mol. The lowest BCUT2D eigenvalue weighted by Gasteiger charge is -2.33. The molecule has 30 heavy (non-hydrogen) atoms. The van der Waals surface area contributed by atoms with Crippen molar-refractivity contribution in [3.63, 3.8) is 0 Å². The summed E-state index contributed by atoms with van der Waals surface area (Å²) < 4.78 is 7.07. The van der Waals surface area contributed by atoms with Crippen LogP contribution in [0.5, 0.6) is 0 Å². The molecule has 2 N–H and O–H groups in total. The summed E-state index contributed by atoms with van der Waals surface area (Å²) >= 11 is 1.17. The lowest BCUT2D eigenvalue weighted by Crippen LogP contribution is -2.51. The summed E-state index contributed by atoms with van der Waals surface area (Å²) in [4.78, 5) is 37.5. The second kappa shape index (κ2) is 7.78. The van der Waals surface area contributed by atoms with E-state index in [9.17, 15) is 14.4 Å². The Morgan fingerprint density at radius 1 is 1.37 bits per heavy atom. The summed E-state index contributed by atoms with van der Waals surface area (Å²) in [6.07, 6.45) is 4.50. The van der Waals surface area contributed by atoms with E-state index in [1.165, 1.54) is 11.8 Å². The molecule has 2 fully saturated rings. The van der Waals surface area contributed by atoms with Crippen LogP contribution in [0.2, 0.25) is 0 Å². The van der Waals surface area contributed by atoms with Crippen LogP contribution in [0.15, 0.2) is 21.9 Å². The fourth-order valence-electron chi connectivity index (χ4n) is 3.89. The minimum Gasteiger partial charge on any atom is -0.469 e. The largest absolute Gasteiger partial charge is 0.469 e. The van der Waals surface area contributed by atoms with Crippen molar-refractivity contribution in [3.8, 4) is 11.4 Å². The highest BCUT2D eigenvalue weighted by molar-refractivity contribution is 7.99. The van der Waals surface area contributed by atoms with E-state index in [1.54, 1.807) is 23.9 Å². The molecule has 3 heterocycles. The van der Waals surface area contributed by atoms with Gasteiger partial charge in [0, 0.05) is 7.05 Å². The Balaban J connectivity index is 1.37. The van der Waals surface area contributed by atoms with Gasteiger partial charge in [0.15, 0.2) is 11.0 Å². The predicted octanol–water partition coefficient (Wildman–Crippen LogP) is 2.01. The maximum absolute atomic E-state index is 12.8. The number of hydrogen-bond acceptors (Lipinski definition) is 7. The summed E-state index contributed by atoms with van der Waals surface area (Å²) in [5.74, 6) is 1.03. The minimum atomic E-state index is -0.884. The van der Waals surface area contributed by atoms with Gasteiger partial charge in [0.05, 0.1) is 17.6 Å². The number of amides is 4. The van der Waals surface area contributed by atoms with Crippen molar-refractivity contribution in [1.82, 2.24) is 30.5 Å². The number of thioether (sulfide) groups is 1. The van der Waals surface area contributed by atoms with E-state index in [0.717, 1.165) is 29.2 Å². The summed E-state index contributed by atoms with van der Waals surface area (Å²) in [7, 11) is 1.80. The monoisotopic (exact) mass is 432 g/mol. The zero-order chi connectivity index (χ0) is 21.5. The standard InChI is InChI=1S/C19H24N6O4S/c1-11-4-7-19(8-5-11)16(27)25(17(28)20-19)23-14(26)10-30-18-22-21-15(24(18)3)13-6-9-29-12(13)2/h6,9,11H,4-5,7-8,10H2,1-3H3,(H,20,28)(H,23,26). The topological polar surface area (TPSA) is 122 Å². The van der Waals surface area contributed by atoms with E-state index in [2.05, 4.69) is 27.9 Å². The van der Waals surface area contributed by atoms with Crippen LogP contribution in [0.25, 0.3) is 11.4 Å². The number of nitrogens with one attached hydrogen (secondary N) is 2. The number of imide groups is 1. The summed E-state index contributed by atoms with van der Waals surface area (Å²) in [5.41, 5.74) is 2.38. The van der Waals surface area contributed by atoms with Gasteiger partial charge in [-0.25, -0.2) is 4.79 Å². The molecule has 0 radical (unpaired) electrons. The zero-order valence-electron chi connectivity index (χ0n) is 17.1. The Labute approximate surface area is 177 Å². The second-order valence-corrected chi connectivity index (χ2v) is 8.86. The molecule has 0 bridgehead atoms. The molecule has 4 rings (SSSR count). The molecule has 1 saturated heterocycles.